The van der Waals surface area contributed by atoms with Crippen molar-refractivity contribution in [3.63, 3.8) is 0 Å². The Bertz CT molecular complexity index is 1090. The maximum Gasteiger partial charge on any atom is 0.345 e. The molecule has 0 saturated carbocycles. The molecule has 13 heteroatoms. The predicted molar refractivity (Wildman–Crippen MR) is 126 cm³/mol. The van der Waals surface area contributed by atoms with Gasteiger partial charge in [-0.25, -0.2) is 35.0 Å². The molecule has 2 aromatic heterocycles. The van der Waals surface area contributed by atoms with E-state index in [4.69, 9.17) is 49.1 Å². The average Bonchev–Trinajstić information content (AvgIpc) is 2.80. The highest BCUT2D eigenvalue weighted by molar-refractivity contribution is 6.37. The highest BCUT2D eigenvalue weighted by atomic mass is 35.5. The molecule has 3 rings (SSSR count). The van der Waals surface area contributed by atoms with Crippen molar-refractivity contribution in [3.05, 3.63) is 75.1 Å². The Balaban J connectivity index is 0.000000270. The summed E-state index contributed by atoms with van der Waals surface area (Å²) in [6.45, 7) is 4.18. The summed E-state index contributed by atoms with van der Waals surface area (Å²) in [5, 5.41) is 0.00570. The van der Waals surface area contributed by atoms with Crippen LogP contribution < -0.4 is 5.48 Å². The number of ether oxygens (including phenoxy) is 2. The Morgan fingerprint density at radius 3 is 1.85 bits per heavy atom. The van der Waals surface area contributed by atoms with Crippen molar-refractivity contribution >= 4 is 52.6 Å². The molecule has 0 bridgehead atoms. The minimum Gasteiger partial charge on any atom is -0.462 e. The molecular weight excluding hydrogens is 509 g/mol. The first kappa shape index (κ1) is 27.2. The number of rotatable bonds is 8. The van der Waals surface area contributed by atoms with Crippen molar-refractivity contribution in [3.8, 4) is 0 Å². The smallest absolute Gasteiger partial charge is 0.345 e. The zero-order valence-electron chi connectivity index (χ0n) is 18.1. The Hall–Kier alpha value is -3.05. The quantitative estimate of drug-likeness (QED) is 0.247. The molecule has 1 N–H and O–H groups in total. The second-order valence-electron chi connectivity index (χ2n) is 6.04. The minimum atomic E-state index is -0.613. The van der Waals surface area contributed by atoms with Crippen LogP contribution in [-0.4, -0.2) is 45.1 Å². The molecule has 10 nitrogen and oxygen atoms in total. The SMILES string of the molecule is CCOC(=O)c1c(Cl)ncnc1Cl.CCOC(=O)c1c(Cl)ncnc1NOCc1ccccc1. The Morgan fingerprint density at radius 1 is 0.794 bits per heavy atom. The summed E-state index contributed by atoms with van der Waals surface area (Å²) in [6, 6.07) is 9.57. The van der Waals surface area contributed by atoms with Crippen LogP contribution in [-0.2, 0) is 20.9 Å². The van der Waals surface area contributed by atoms with Crippen LogP contribution in [0.4, 0.5) is 5.82 Å². The van der Waals surface area contributed by atoms with Crippen LogP contribution in [0.25, 0.3) is 0 Å². The molecule has 0 spiro atoms. The van der Waals surface area contributed by atoms with Crippen molar-refractivity contribution in [2.45, 2.75) is 20.5 Å². The van der Waals surface area contributed by atoms with Crippen molar-refractivity contribution in [1.82, 2.24) is 19.9 Å². The van der Waals surface area contributed by atoms with Crippen LogP contribution in [0.5, 0.6) is 0 Å². The summed E-state index contributed by atoms with van der Waals surface area (Å²) < 4.78 is 9.62. The lowest BCUT2D eigenvalue weighted by molar-refractivity contribution is 0.0515. The molecule has 180 valence electrons. The normalized spacial score (nSPS) is 10.0. The van der Waals surface area contributed by atoms with E-state index >= 15 is 0 Å². The monoisotopic (exact) mass is 527 g/mol. The topological polar surface area (TPSA) is 125 Å². The molecule has 2 heterocycles. The van der Waals surface area contributed by atoms with Crippen LogP contribution in [0.3, 0.4) is 0 Å². The fourth-order valence-electron chi connectivity index (χ4n) is 2.30. The van der Waals surface area contributed by atoms with Crippen LogP contribution in [0.1, 0.15) is 40.1 Å². The van der Waals surface area contributed by atoms with Gasteiger partial charge in [-0.3, -0.25) is 4.84 Å². The van der Waals surface area contributed by atoms with E-state index in [-0.39, 0.29) is 45.6 Å². The van der Waals surface area contributed by atoms with E-state index in [1.54, 1.807) is 13.8 Å². The second kappa shape index (κ2) is 14.3. The fourth-order valence-corrected chi connectivity index (χ4v) is 2.98. The maximum atomic E-state index is 11.8. The number of halogens is 3. The van der Waals surface area contributed by atoms with Gasteiger partial charge in [0.05, 0.1) is 19.8 Å². The van der Waals surface area contributed by atoms with Gasteiger partial charge in [0, 0.05) is 0 Å². The lowest BCUT2D eigenvalue weighted by Crippen LogP contribution is -2.13. The molecule has 0 radical (unpaired) electrons. The van der Waals surface area contributed by atoms with Gasteiger partial charge in [-0.15, -0.1) is 0 Å². The minimum absolute atomic E-state index is 0.00144. The van der Waals surface area contributed by atoms with Crippen LogP contribution in [0.15, 0.2) is 43.0 Å². The van der Waals surface area contributed by atoms with E-state index in [0.29, 0.717) is 6.61 Å². The summed E-state index contributed by atoms with van der Waals surface area (Å²) in [5.41, 5.74) is 3.64. The van der Waals surface area contributed by atoms with Crippen LogP contribution in [0, 0.1) is 0 Å². The highest BCUT2D eigenvalue weighted by Gasteiger charge is 2.19. The third kappa shape index (κ3) is 8.07. The third-order valence-electron chi connectivity index (χ3n) is 3.77. The van der Waals surface area contributed by atoms with Crippen molar-refractivity contribution in [2.75, 3.05) is 18.7 Å². The van der Waals surface area contributed by atoms with Gasteiger partial charge < -0.3 is 9.47 Å². The predicted octanol–water partition coefficient (Wildman–Crippen LogP) is 4.81. The lowest BCUT2D eigenvalue weighted by Gasteiger charge is -2.10. The van der Waals surface area contributed by atoms with Gasteiger partial charge in [0.2, 0.25) is 0 Å². The number of esters is 2. The van der Waals surface area contributed by atoms with Crippen molar-refractivity contribution < 1.29 is 23.9 Å². The van der Waals surface area contributed by atoms with E-state index in [1.807, 2.05) is 30.3 Å². The third-order valence-corrected chi connectivity index (χ3v) is 4.63. The molecule has 0 aliphatic heterocycles. The zero-order chi connectivity index (χ0) is 24.9. The summed E-state index contributed by atoms with van der Waals surface area (Å²) >= 11 is 17.2. The van der Waals surface area contributed by atoms with Gasteiger partial charge >= 0.3 is 11.9 Å². The molecule has 0 atom stereocenters. The number of carbonyl (C=O) groups is 2. The number of nitrogens with one attached hydrogen (secondary N) is 1. The molecule has 1 aromatic carbocycles. The number of hydrogen-bond donors (Lipinski definition) is 1. The fraction of sp³-hybridized carbons (Fsp3) is 0.238. The summed E-state index contributed by atoms with van der Waals surface area (Å²) in [4.78, 5) is 43.3. The largest absolute Gasteiger partial charge is 0.462 e. The first-order valence-corrected chi connectivity index (χ1v) is 10.9. The van der Waals surface area contributed by atoms with Crippen molar-refractivity contribution in [2.24, 2.45) is 0 Å². The van der Waals surface area contributed by atoms with Crippen LogP contribution in [0.2, 0.25) is 15.5 Å². The number of anilines is 1. The number of carbonyl (C=O) groups excluding carboxylic acids is 2. The summed E-state index contributed by atoms with van der Waals surface area (Å²) in [5.74, 6) is -1.05. The van der Waals surface area contributed by atoms with Gasteiger partial charge in [0.1, 0.15) is 39.2 Å². The Labute approximate surface area is 210 Å². The first-order valence-electron chi connectivity index (χ1n) is 9.81. The molecule has 3 aromatic rings. The van der Waals surface area contributed by atoms with E-state index in [0.717, 1.165) is 5.56 Å². The highest BCUT2D eigenvalue weighted by Crippen LogP contribution is 2.21. The summed E-state index contributed by atoms with van der Waals surface area (Å²) in [7, 11) is 0. The molecular formula is C21H20Cl3N5O5. The zero-order valence-corrected chi connectivity index (χ0v) is 20.4. The maximum absolute atomic E-state index is 11.8. The molecule has 0 aliphatic rings. The van der Waals surface area contributed by atoms with E-state index in [9.17, 15) is 9.59 Å². The lowest BCUT2D eigenvalue weighted by atomic mass is 10.2. The Kier molecular flexibility index (Phi) is 11.4. The molecule has 0 amide bonds. The van der Waals surface area contributed by atoms with Gasteiger partial charge in [0.25, 0.3) is 0 Å². The number of benzene rings is 1. The standard InChI is InChI=1S/C14H14ClN3O3.C7H6Cl2N2O2/c1-2-20-14(19)11-12(15)16-9-17-13(11)18-21-8-10-6-4-3-5-7-10;1-2-13-7(12)4-5(8)10-3-11-6(4)9/h3-7,9H,2,8H2,1H3,(H,16,17,18);3H,2H2,1H3. The van der Waals surface area contributed by atoms with Crippen LogP contribution >= 0.6 is 34.8 Å². The second-order valence-corrected chi connectivity index (χ2v) is 7.11. The van der Waals surface area contributed by atoms with Crippen molar-refractivity contribution in [1.29, 1.82) is 0 Å². The van der Waals surface area contributed by atoms with Gasteiger partial charge in [0.15, 0.2) is 5.82 Å². The van der Waals surface area contributed by atoms with Gasteiger partial charge in [-0.2, -0.15) is 0 Å². The van der Waals surface area contributed by atoms with E-state index < -0.39 is 11.9 Å². The van der Waals surface area contributed by atoms with Gasteiger partial charge in [-0.1, -0.05) is 65.1 Å². The Morgan fingerprint density at radius 2 is 1.29 bits per heavy atom. The first-order chi connectivity index (χ1) is 16.4. The molecule has 0 fully saturated rings. The summed E-state index contributed by atoms with van der Waals surface area (Å²) in [6.07, 6.45) is 2.41. The number of nitrogens with zero attached hydrogens (tertiary/aromatic N) is 4. The molecule has 0 unspecified atom stereocenters. The molecule has 0 aliphatic carbocycles. The molecule has 0 saturated heterocycles. The molecule has 34 heavy (non-hydrogen) atoms. The van der Waals surface area contributed by atoms with E-state index in [2.05, 4.69) is 25.4 Å². The number of aromatic nitrogens is 4. The average molecular weight is 529 g/mol. The van der Waals surface area contributed by atoms with E-state index in [1.165, 1.54) is 12.7 Å². The van der Waals surface area contributed by atoms with Gasteiger partial charge in [-0.05, 0) is 19.4 Å². The number of hydrogen-bond acceptors (Lipinski definition) is 10.